The summed E-state index contributed by atoms with van der Waals surface area (Å²) in [6.45, 7) is 0. The molecule has 0 aliphatic carbocycles. The zero-order chi connectivity index (χ0) is 30.2. The van der Waals surface area contributed by atoms with Gasteiger partial charge in [0.2, 0.25) is 5.95 Å². The molecule has 0 bridgehead atoms. The number of benzene rings is 7. The topological polar surface area (TPSA) is 48.5 Å². The van der Waals surface area contributed by atoms with Crippen LogP contribution in [0.5, 0.6) is 0 Å². The summed E-state index contributed by atoms with van der Waals surface area (Å²) in [7, 11) is 0. The van der Waals surface area contributed by atoms with E-state index in [0.29, 0.717) is 17.6 Å². The molecule has 0 saturated carbocycles. The number of nitrogens with zero attached hydrogens (tertiary/aromatic N) is 5. The Hall–Kier alpha value is -6.33. The van der Waals surface area contributed by atoms with Crippen molar-refractivity contribution in [3.05, 3.63) is 152 Å². The molecule has 0 aliphatic heterocycles. The van der Waals surface area contributed by atoms with E-state index in [0.717, 1.165) is 38.9 Å². The van der Waals surface area contributed by atoms with E-state index < -0.39 is 0 Å². The van der Waals surface area contributed by atoms with E-state index in [1.165, 1.54) is 32.3 Å². The Labute approximate surface area is 264 Å². The molecule has 3 heterocycles. The number of para-hydroxylation sites is 2. The Kier molecular flexibility index (Phi) is 5.22. The lowest BCUT2D eigenvalue weighted by Crippen LogP contribution is -2.06. The Balaban J connectivity index is 1.42. The second kappa shape index (κ2) is 9.58. The summed E-state index contributed by atoms with van der Waals surface area (Å²) in [6.07, 6.45) is 0. The molecular weight excluding hydrogens is 562 g/mol. The fourth-order valence-electron chi connectivity index (χ4n) is 7.16. The first-order valence-electron chi connectivity index (χ1n) is 15.5. The summed E-state index contributed by atoms with van der Waals surface area (Å²) < 4.78 is 4.65. The van der Waals surface area contributed by atoms with Gasteiger partial charge in [-0.25, -0.2) is 4.98 Å². The highest BCUT2D eigenvalue weighted by Crippen LogP contribution is 2.45. The average Bonchev–Trinajstić information content (AvgIpc) is 3.65. The van der Waals surface area contributed by atoms with Crippen LogP contribution in [0.3, 0.4) is 0 Å². The first-order chi connectivity index (χ1) is 22.8. The number of aromatic nitrogens is 5. The van der Waals surface area contributed by atoms with E-state index in [4.69, 9.17) is 15.0 Å². The Morgan fingerprint density at radius 2 is 1.00 bits per heavy atom. The minimum Gasteiger partial charge on any atom is -0.309 e. The van der Waals surface area contributed by atoms with E-state index in [1.54, 1.807) is 0 Å². The van der Waals surface area contributed by atoms with Crippen molar-refractivity contribution in [1.82, 2.24) is 24.1 Å². The van der Waals surface area contributed by atoms with Crippen LogP contribution in [0.2, 0.25) is 0 Å². The standard InChI is InChI=1S/C41H25N5/c1-4-13-27(14-5-1)39-42-40(28-15-6-2-7-16-28)44-41(43-39)46-33-22-12-17-26-23-24-29-25-34-37(38(46)36(29)35(26)33)31-20-10-11-21-32(31)45(34)30-18-8-3-9-19-30/h1-25H. The van der Waals surface area contributed by atoms with Crippen LogP contribution in [-0.4, -0.2) is 24.1 Å². The summed E-state index contributed by atoms with van der Waals surface area (Å²) >= 11 is 0. The maximum absolute atomic E-state index is 5.22. The third kappa shape index (κ3) is 3.54. The molecule has 10 aromatic rings. The van der Waals surface area contributed by atoms with Crippen LogP contribution >= 0.6 is 0 Å². The number of fused-ring (bicyclic) bond motifs is 4. The van der Waals surface area contributed by atoms with Gasteiger partial charge in [-0.1, -0.05) is 121 Å². The van der Waals surface area contributed by atoms with Crippen LogP contribution < -0.4 is 0 Å². The second-order valence-electron chi connectivity index (χ2n) is 11.7. The highest BCUT2D eigenvalue weighted by molar-refractivity contribution is 6.33. The van der Waals surface area contributed by atoms with Gasteiger partial charge in [0, 0.05) is 38.4 Å². The van der Waals surface area contributed by atoms with Gasteiger partial charge in [0.05, 0.1) is 22.1 Å². The van der Waals surface area contributed by atoms with Gasteiger partial charge in [0.15, 0.2) is 11.6 Å². The van der Waals surface area contributed by atoms with Crippen molar-refractivity contribution >= 4 is 54.4 Å². The van der Waals surface area contributed by atoms with Crippen molar-refractivity contribution in [2.75, 3.05) is 0 Å². The van der Waals surface area contributed by atoms with Gasteiger partial charge in [-0.2, -0.15) is 9.97 Å². The third-order valence-corrected chi connectivity index (χ3v) is 9.10. The van der Waals surface area contributed by atoms with Gasteiger partial charge in [-0.3, -0.25) is 4.57 Å². The van der Waals surface area contributed by atoms with E-state index in [-0.39, 0.29) is 0 Å². The third-order valence-electron chi connectivity index (χ3n) is 9.10. The average molecular weight is 588 g/mol. The van der Waals surface area contributed by atoms with Crippen LogP contribution in [0, 0.1) is 0 Å². The van der Waals surface area contributed by atoms with E-state index >= 15 is 0 Å². The van der Waals surface area contributed by atoms with Gasteiger partial charge in [0.25, 0.3) is 0 Å². The van der Waals surface area contributed by atoms with Crippen LogP contribution in [0.25, 0.3) is 88.8 Å². The molecule has 0 radical (unpaired) electrons. The van der Waals surface area contributed by atoms with Crippen molar-refractivity contribution in [3.8, 4) is 34.4 Å². The summed E-state index contributed by atoms with van der Waals surface area (Å²) in [6, 6.07) is 53.0. The van der Waals surface area contributed by atoms with Crippen LogP contribution in [-0.2, 0) is 0 Å². The zero-order valence-electron chi connectivity index (χ0n) is 24.7. The normalized spacial score (nSPS) is 11.9. The molecule has 5 heteroatoms. The molecule has 0 aliphatic rings. The maximum Gasteiger partial charge on any atom is 0.238 e. The predicted molar refractivity (Wildman–Crippen MR) is 188 cm³/mol. The van der Waals surface area contributed by atoms with Crippen molar-refractivity contribution in [2.45, 2.75) is 0 Å². The lowest BCUT2D eigenvalue weighted by molar-refractivity contribution is 0.955. The smallest absolute Gasteiger partial charge is 0.238 e. The quantitative estimate of drug-likeness (QED) is 0.193. The monoisotopic (exact) mass is 587 g/mol. The van der Waals surface area contributed by atoms with Gasteiger partial charge in [-0.05, 0) is 41.1 Å². The van der Waals surface area contributed by atoms with Crippen molar-refractivity contribution in [1.29, 1.82) is 0 Å². The molecule has 7 aromatic carbocycles. The SMILES string of the molecule is c1ccc(-c2nc(-c3ccccc3)nc(-n3c4cccc5ccc6cc7c(c8ccccc8n7-c7ccccc7)c3c6c54)n2)cc1. The molecule has 46 heavy (non-hydrogen) atoms. The van der Waals surface area contributed by atoms with E-state index in [1.807, 2.05) is 36.4 Å². The van der Waals surface area contributed by atoms with E-state index in [9.17, 15) is 0 Å². The van der Waals surface area contributed by atoms with E-state index in [2.05, 4.69) is 124 Å². The van der Waals surface area contributed by atoms with Gasteiger partial charge in [-0.15, -0.1) is 0 Å². The predicted octanol–water partition coefficient (Wildman–Crippen LogP) is 9.99. The molecule has 0 spiro atoms. The highest BCUT2D eigenvalue weighted by atomic mass is 15.2. The molecule has 0 unspecified atom stereocenters. The Morgan fingerprint density at radius 1 is 0.391 bits per heavy atom. The molecule has 5 nitrogen and oxygen atoms in total. The Morgan fingerprint density at radius 3 is 1.72 bits per heavy atom. The molecule has 0 saturated heterocycles. The molecule has 0 fully saturated rings. The Bertz CT molecular complexity index is 2670. The maximum atomic E-state index is 5.22. The molecular formula is C41H25N5. The number of hydrogen-bond acceptors (Lipinski definition) is 3. The first-order valence-corrected chi connectivity index (χ1v) is 15.5. The minimum atomic E-state index is 0.599. The number of rotatable bonds is 4. The first kappa shape index (κ1) is 25.0. The molecule has 214 valence electrons. The number of hydrogen-bond donors (Lipinski definition) is 0. The van der Waals surface area contributed by atoms with Gasteiger partial charge < -0.3 is 4.57 Å². The summed E-state index contributed by atoms with van der Waals surface area (Å²) in [4.78, 5) is 15.4. The highest BCUT2D eigenvalue weighted by Gasteiger charge is 2.25. The van der Waals surface area contributed by atoms with Crippen molar-refractivity contribution in [2.24, 2.45) is 0 Å². The van der Waals surface area contributed by atoms with Gasteiger partial charge >= 0.3 is 0 Å². The second-order valence-corrected chi connectivity index (χ2v) is 11.7. The fraction of sp³-hybridized carbons (Fsp3) is 0. The molecule has 0 amide bonds. The summed E-state index contributed by atoms with van der Waals surface area (Å²) in [5.74, 6) is 1.88. The largest absolute Gasteiger partial charge is 0.309 e. The summed E-state index contributed by atoms with van der Waals surface area (Å²) in [5, 5.41) is 7.19. The molecule has 0 atom stereocenters. The lowest BCUT2D eigenvalue weighted by atomic mass is 9.99. The minimum absolute atomic E-state index is 0.599. The van der Waals surface area contributed by atoms with Crippen LogP contribution in [0.15, 0.2) is 152 Å². The summed E-state index contributed by atoms with van der Waals surface area (Å²) in [5.41, 5.74) is 7.51. The van der Waals surface area contributed by atoms with Crippen LogP contribution in [0.4, 0.5) is 0 Å². The fourth-order valence-corrected chi connectivity index (χ4v) is 7.16. The van der Waals surface area contributed by atoms with Crippen molar-refractivity contribution in [3.63, 3.8) is 0 Å². The van der Waals surface area contributed by atoms with Crippen LogP contribution in [0.1, 0.15) is 0 Å². The molecule has 3 aromatic heterocycles. The zero-order valence-corrected chi connectivity index (χ0v) is 24.7. The molecule has 0 N–H and O–H groups in total. The lowest BCUT2D eigenvalue weighted by Gasteiger charge is -2.12. The van der Waals surface area contributed by atoms with Crippen molar-refractivity contribution < 1.29 is 0 Å². The van der Waals surface area contributed by atoms with Gasteiger partial charge in [0.1, 0.15) is 0 Å². The molecule has 10 rings (SSSR count).